The monoisotopic (exact) mass is 252 g/mol. The average Bonchev–Trinajstić information content (AvgIpc) is 2.29. The Kier molecular flexibility index (Phi) is 3.67. The lowest BCUT2D eigenvalue weighted by Gasteiger charge is -2.39. The summed E-state index contributed by atoms with van der Waals surface area (Å²) in [6, 6.07) is 4.05. The molecule has 0 bridgehead atoms. The highest BCUT2D eigenvalue weighted by atomic mass is 35.5. The van der Waals surface area contributed by atoms with Crippen molar-refractivity contribution in [1.82, 2.24) is 9.88 Å². The van der Waals surface area contributed by atoms with E-state index in [0.717, 1.165) is 12.8 Å². The molecule has 1 aromatic heterocycles. The molecule has 0 spiro atoms. The molecule has 1 fully saturated rings. The molecule has 0 saturated carbocycles. The lowest BCUT2D eigenvalue weighted by molar-refractivity contribution is 0.0510. The highest BCUT2D eigenvalue weighted by Crippen LogP contribution is 2.26. The number of aromatic nitrogens is 1. The summed E-state index contributed by atoms with van der Waals surface area (Å²) in [5, 5.41) is 0.294. The molecule has 1 aliphatic heterocycles. The van der Waals surface area contributed by atoms with Gasteiger partial charge < -0.3 is 4.90 Å². The molecule has 1 saturated heterocycles. The molecule has 3 nitrogen and oxygen atoms in total. The SMILES string of the molecule is C[C@H]1CCC[C@H](C)N1C(=O)c1cccnc1Cl. The van der Waals surface area contributed by atoms with Gasteiger partial charge in [-0.1, -0.05) is 11.6 Å². The van der Waals surface area contributed by atoms with Crippen molar-refractivity contribution in [1.29, 1.82) is 0 Å². The molecule has 2 atom stereocenters. The minimum atomic E-state index is 0.00259. The van der Waals surface area contributed by atoms with E-state index in [1.54, 1.807) is 18.3 Å². The van der Waals surface area contributed by atoms with Crippen molar-refractivity contribution < 1.29 is 4.79 Å². The van der Waals surface area contributed by atoms with Crippen LogP contribution in [0.25, 0.3) is 0 Å². The van der Waals surface area contributed by atoms with E-state index < -0.39 is 0 Å². The molecule has 0 aliphatic carbocycles. The number of nitrogens with zero attached hydrogens (tertiary/aromatic N) is 2. The molecule has 0 aromatic carbocycles. The summed E-state index contributed by atoms with van der Waals surface area (Å²) in [5.41, 5.74) is 0.509. The molecular weight excluding hydrogens is 236 g/mol. The van der Waals surface area contributed by atoms with Crippen molar-refractivity contribution >= 4 is 17.5 Å². The second-order valence-electron chi connectivity index (χ2n) is 4.68. The Labute approximate surface area is 107 Å². The average molecular weight is 253 g/mol. The Bertz CT molecular complexity index is 412. The smallest absolute Gasteiger partial charge is 0.257 e. The van der Waals surface area contributed by atoms with Gasteiger partial charge in [-0.05, 0) is 45.2 Å². The molecule has 0 unspecified atom stereocenters. The third-order valence-corrected chi connectivity index (χ3v) is 3.72. The largest absolute Gasteiger partial charge is 0.333 e. The van der Waals surface area contributed by atoms with Crippen LogP contribution >= 0.6 is 11.6 Å². The summed E-state index contributed by atoms with van der Waals surface area (Å²) in [6.45, 7) is 4.19. The van der Waals surface area contributed by atoms with Gasteiger partial charge in [-0.3, -0.25) is 4.79 Å². The zero-order chi connectivity index (χ0) is 12.4. The molecule has 4 heteroatoms. The van der Waals surface area contributed by atoms with Gasteiger partial charge in [0, 0.05) is 18.3 Å². The second-order valence-corrected chi connectivity index (χ2v) is 5.04. The summed E-state index contributed by atoms with van der Waals surface area (Å²) in [6.07, 6.45) is 4.91. The number of pyridine rings is 1. The van der Waals surface area contributed by atoms with Crippen LogP contribution in [0.4, 0.5) is 0 Å². The number of hydrogen-bond acceptors (Lipinski definition) is 2. The first-order chi connectivity index (χ1) is 8.11. The third-order valence-electron chi connectivity index (χ3n) is 3.42. The van der Waals surface area contributed by atoms with Crippen LogP contribution < -0.4 is 0 Å². The molecule has 1 aliphatic rings. The van der Waals surface area contributed by atoms with Crippen LogP contribution in [0, 0.1) is 0 Å². The van der Waals surface area contributed by atoms with Crippen LogP contribution in [-0.4, -0.2) is 27.9 Å². The molecule has 17 heavy (non-hydrogen) atoms. The number of likely N-dealkylation sites (tertiary alicyclic amines) is 1. The van der Waals surface area contributed by atoms with Gasteiger partial charge in [-0.15, -0.1) is 0 Å². The highest BCUT2D eigenvalue weighted by Gasteiger charge is 2.30. The van der Waals surface area contributed by atoms with E-state index in [1.165, 1.54) is 6.42 Å². The van der Waals surface area contributed by atoms with Gasteiger partial charge in [0.1, 0.15) is 5.15 Å². The van der Waals surface area contributed by atoms with Crippen molar-refractivity contribution in [3.63, 3.8) is 0 Å². The third kappa shape index (κ3) is 2.44. The van der Waals surface area contributed by atoms with Crippen LogP contribution in [0.15, 0.2) is 18.3 Å². The van der Waals surface area contributed by atoms with Crippen LogP contribution in [-0.2, 0) is 0 Å². The van der Waals surface area contributed by atoms with E-state index in [0.29, 0.717) is 10.7 Å². The maximum Gasteiger partial charge on any atom is 0.257 e. The summed E-state index contributed by atoms with van der Waals surface area (Å²) in [4.78, 5) is 18.3. The Morgan fingerprint density at radius 2 is 2.06 bits per heavy atom. The lowest BCUT2D eigenvalue weighted by atomic mass is 9.96. The highest BCUT2D eigenvalue weighted by molar-refractivity contribution is 6.32. The lowest BCUT2D eigenvalue weighted by Crippen LogP contribution is -2.47. The molecule has 92 valence electrons. The van der Waals surface area contributed by atoms with Gasteiger partial charge in [-0.25, -0.2) is 4.98 Å². The van der Waals surface area contributed by atoms with Gasteiger partial charge in [0.25, 0.3) is 5.91 Å². The fourth-order valence-corrected chi connectivity index (χ4v) is 2.71. The topological polar surface area (TPSA) is 33.2 Å². The predicted molar refractivity (Wildman–Crippen MR) is 68.2 cm³/mol. The van der Waals surface area contributed by atoms with E-state index in [-0.39, 0.29) is 18.0 Å². The number of carbonyl (C=O) groups is 1. The maximum absolute atomic E-state index is 12.4. The summed E-state index contributed by atoms with van der Waals surface area (Å²) < 4.78 is 0. The molecule has 2 heterocycles. The fraction of sp³-hybridized carbons (Fsp3) is 0.538. The van der Waals surface area contributed by atoms with Gasteiger partial charge in [-0.2, -0.15) is 0 Å². The van der Waals surface area contributed by atoms with Crippen LogP contribution in [0.1, 0.15) is 43.5 Å². The number of rotatable bonds is 1. The van der Waals surface area contributed by atoms with Crippen molar-refractivity contribution in [2.75, 3.05) is 0 Å². The first-order valence-corrected chi connectivity index (χ1v) is 6.42. The van der Waals surface area contributed by atoms with E-state index in [1.807, 2.05) is 4.90 Å². The number of piperidine rings is 1. The Morgan fingerprint density at radius 3 is 2.65 bits per heavy atom. The molecule has 0 radical (unpaired) electrons. The zero-order valence-electron chi connectivity index (χ0n) is 10.2. The number of halogens is 1. The maximum atomic E-state index is 12.4. The summed E-state index contributed by atoms with van der Waals surface area (Å²) in [7, 11) is 0. The predicted octanol–water partition coefficient (Wildman–Crippen LogP) is 3.14. The van der Waals surface area contributed by atoms with Gasteiger partial charge >= 0.3 is 0 Å². The fourth-order valence-electron chi connectivity index (χ4n) is 2.51. The zero-order valence-corrected chi connectivity index (χ0v) is 10.9. The van der Waals surface area contributed by atoms with Crippen molar-refractivity contribution in [3.05, 3.63) is 29.0 Å². The number of amides is 1. The van der Waals surface area contributed by atoms with E-state index in [4.69, 9.17) is 11.6 Å². The summed E-state index contributed by atoms with van der Waals surface area (Å²) >= 11 is 5.98. The number of hydrogen-bond donors (Lipinski definition) is 0. The minimum Gasteiger partial charge on any atom is -0.333 e. The Hall–Kier alpha value is -1.09. The van der Waals surface area contributed by atoms with Gasteiger partial charge in [0.05, 0.1) is 5.56 Å². The standard InChI is InChI=1S/C13H17ClN2O/c1-9-5-3-6-10(2)16(9)13(17)11-7-4-8-15-12(11)14/h4,7-10H,3,5-6H2,1-2H3/t9-,10-/m0/s1. The van der Waals surface area contributed by atoms with Gasteiger partial charge in [0.2, 0.25) is 0 Å². The Morgan fingerprint density at radius 1 is 1.41 bits per heavy atom. The minimum absolute atomic E-state index is 0.00259. The van der Waals surface area contributed by atoms with E-state index in [9.17, 15) is 4.79 Å². The van der Waals surface area contributed by atoms with E-state index >= 15 is 0 Å². The molecule has 0 N–H and O–H groups in total. The number of carbonyl (C=O) groups excluding carboxylic acids is 1. The van der Waals surface area contributed by atoms with Crippen LogP contribution in [0.3, 0.4) is 0 Å². The van der Waals surface area contributed by atoms with Crippen molar-refractivity contribution in [2.24, 2.45) is 0 Å². The van der Waals surface area contributed by atoms with Crippen LogP contribution in [0.5, 0.6) is 0 Å². The van der Waals surface area contributed by atoms with Crippen molar-refractivity contribution in [2.45, 2.75) is 45.2 Å². The molecular formula is C13H17ClN2O. The van der Waals surface area contributed by atoms with Crippen molar-refractivity contribution in [3.8, 4) is 0 Å². The normalized spacial score (nSPS) is 24.8. The molecule has 1 amide bonds. The van der Waals surface area contributed by atoms with E-state index in [2.05, 4.69) is 18.8 Å². The first-order valence-electron chi connectivity index (χ1n) is 6.04. The quantitative estimate of drug-likeness (QED) is 0.720. The molecule has 1 aromatic rings. The summed E-state index contributed by atoms with van der Waals surface area (Å²) in [5.74, 6) is 0.00259. The van der Waals surface area contributed by atoms with Crippen LogP contribution in [0.2, 0.25) is 5.15 Å². The second kappa shape index (κ2) is 5.05. The first kappa shape index (κ1) is 12.4. The van der Waals surface area contributed by atoms with Gasteiger partial charge in [0.15, 0.2) is 0 Å². The Balaban J connectivity index is 2.27. The molecule has 2 rings (SSSR count).